The van der Waals surface area contributed by atoms with Gasteiger partial charge in [0, 0.05) is 36.2 Å². The Labute approximate surface area is 178 Å². The van der Waals surface area contributed by atoms with Crippen molar-refractivity contribution in [1.29, 1.82) is 0 Å². The summed E-state index contributed by atoms with van der Waals surface area (Å²) in [7, 11) is -3.49. The maximum absolute atomic E-state index is 12.4. The molecule has 2 N–H and O–H groups in total. The molecule has 0 amide bonds. The first-order chi connectivity index (χ1) is 14.4. The van der Waals surface area contributed by atoms with Crippen molar-refractivity contribution in [1.82, 2.24) is 9.97 Å². The molecule has 0 aliphatic carbocycles. The lowest BCUT2D eigenvalue weighted by molar-refractivity contribution is 0.600. The number of hydrogen-bond donors (Lipinski definition) is 2. The molecule has 0 fully saturated rings. The molecule has 0 saturated carbocycles. The fraction of sp³-hybridized carbons (Fsp3) is 0.273. The van der Waals surface area contributed by atoms with Crippen molar-refractivity contribution in [2.24, 2.45) is 0 Å². The van der Waals surface area contributed by atoms with Crippen LogP contribution in [0, 0.1) is 6.92 Å². The second-order valence-corrected chi connectivity index (χ2v) is 8.63. The fourth-order valence-electron chi connectivity index (χ4n) is 3.08. The van der Waals surface area contributed by atoms with Crippen LogP contribution in [-0.2, 0) is 15.8 Å². The number of sulfonamides is 1. The Morgan fingerprint density at radius 3 is 2.17 bits per heavy atom. The molecule has 3 aromatic rings. The maximum atomic E-state index is 12.4. The van der Waals surface area contributed by atoms with Gasteiger partial charge in [-0.1, -0.05) is 30.3 Å². The van der Waals surface area contributed by atoms with E-state index in [-0.39, 0.29) is 5.75 Å². The van der Waals surface area contributed by atoms with Gasteiger partial charge < -0.3 is 10.2 Å². The standard InChI is InChI=1S/C22H27N5O2S/c1-4-27(5-2)21-15-17(3)23-22(25-21)24-19-11-13-20(14-12-19)26-30(28,29)16-18-9-7-6-8-10-18/h6-15,26H,4-5,16H2,1-3H3,(H,23,24,25). The van der Waals surface area contributed by atoms with Gasteiger partial charge in [0.15, 0.2) is 0 Å². The maximum Gasteiger partial charge on any atom is 0.236 e. The normalized spacial score (nSPS) is 11.2. The molecule has 3 rings (SSSR count). The Hall–Kier alpha value is -3.13. The summed E-state index contributed by atoms with van der Waals surface area (Å²) in [6.07, 6.45) is 0. The van der Waals surface area contributed by atoms with Gasteiger partial charge in [-0.05, 0) is 50.6 Å². The number of aryl methyl sites for hydroxylation is 1. The van der Waals surface area contributed by atoms with Crippen molar-refractivity contribution in [2.75, 3.05) is 28.0 Å². The van der Waals surface area contributed by atoms with Gasteiger partial charge in [-0.2, -0.15) is 4.98 Å². The van der Waals surface area contributed by atoms with Crippen molar-refractivity contribution < 1.29 is 8.42 Å². The summed E-state index contributed by atoms with van der Waals surface area (Å²) in [5, 5.41) is 3.19. The Bertz CT molecular complexity index is 1070. The molecule has 0 aliphatic heterocycles. The van der Waals surface area contributed by atoms with Crippen LogP contribution in [0.25, 0.3) is 0 Å². The van der Waals surface area contributed by atoms with E-state index in [1.54, 1.807) is 36.4 Å². The molecule has 2 aromatic carbocycles. The SMILES string of the molecule is CCN(CC)c1cc(C)nc(Nc2ccc(NS(=O)(=O)Cc3ccccc3)cc2)n1. The lowest BCUT2D eigenvalue weighted by atomic mass is 10.2. The van der Waals surface area contributed by atoms with Crippen LogP contribution in [0.3, 0.4) is 0 Å². The summed E-state index contributed by atoms with van der Waals surface area (Å²) in [4.78, 5) is 11.2. The second kappa shape index (κ2) is 9.58. The largest absolute Gasteiger partial charge is 0.357 e. The average molecular weight is 426 g/mol. The second-order valence-electron chi connectivity index (χ2n) is 6.91. The van der Waals surface area contributed by atoms with E-state index < -0.39 is 10.0 Å². The molecule has 0 radical (unpaired) electrons. The van der Waals surface area contributed by atoms with E-state index in [1.165, 1.54) is 0 Å². The van der Waals surface area contributed by atoms with E-state index in [1.807, 2.05) is 31.2 Å². The number of anilines is 4. The van der Waals surface area contributed by atoms with Gasteiger partial charge in [-0.15, -0.1) is 0 Å². The number of aromatic nitrogens is 2. The first-order valence-corrected chi connectivity index (χ1v) is 11.6. The fourth-order valence-corrected chi connectivity index (χ4v) is 4.28. The van der Waals surface area contributed by atoms with Crippen molar-refractivity contribution in [3.63, 3.8) is 0 Å². The molecular weight excluding hydrogens is 398 g/mol. The average Bonchev–Trinajstić information content (AvgIpc) is 2.70. The van der Waals surface area contributed by atoms with Crippen molar-refractivity contribution in [3.05, 3.63) is 71.9 Å². The van der Waals surface area contributed by atoms with E-state index in [2.05, 4.69) is 38.8 Å². The lowest BCUT2D eigenvalue weighted by Gasteiger charge is -2.20. The third-order valence-corrected chi connectivity index (χ3v) is 5.80. The third-order valence-electron chi connectivity index (χ3n) is 4.54. The molecule has 0 aliphatic rings. The highest BCUT2D eigenvalue weighted by Gasteiger charge is 2.12. The quantitative estimate of drug-likeness (QED) is 0.531. The Balaban J connectivity index is 1.69. The minimum Gasteiger partial charge on any atom is -0.357 e. The van der Waals surface area contributed by atoms with E-state index in [9.17, 15) is 8.42 Å². The summed E-state index contributed by atoms with van der Waals surface area (Å²) >= 11 is 0. The highest BCUT2D eigenvalue weighted by Crippen LogP contribution is 2.21. The smallest absolute Gasteiger partial charge is 0.236 e. The van der Waals surface area contributed by atoms with Crippen molar-refractivity contribution >= 4 is 33.2 Å². The monoisotopic (exact) mass is 425 g/mol. The Kier molecular flexibility index (Phi) is 6.89. The molecule has 7 nitrogen and oxygen atoms in total. The van der Waals surface area contributed by atoms with E-state index in [4.69, 9.17) is 0 Å². The molecule has 158 valence electrons. The van der Waals surface area contributed by atoms with E-state index in [0.29, 0.717) is 11.6 Å². The van der Waals surface area contributed by atoms with Crippen molar-refractivity contribution in [2.45, 2.75) is 26.5 Å². The molecule has 1 heterocycles. The third kappa shape index (κ3) is 5.93. The van der Waals surface area contributed by atoms with Crippen LogP contribution in [-0.4, -0.2) is 31.5 Å². The molecular formula is C22H27N5O2S. The van der Waals surface area contributed by atoms with Gasteiger partial charge in [0.05, 0.1) is 5.75 Å². The van der Waals surface area contributed by atoms with Crippen LogP contribution < -0.4 is 14.9 Å². The van der Waals surface area contributed by atoms with Gasteiger partial charge in [0.25, 0.3) is 0 Å². The highest BCUT2D eigenvalue weighted by atomic mass is 32.2. The van der Waals surface area contributed by atoms with Gasteiger partial charge in [0.1, 0.15) is 5.82 Å². The van der Waals surface area contributed by atoms with Gasteiger partial charge >= 0.3 is 0 Å². The summed E-state index contributed by atoms with van der Waals surface area (Å²) in [6, 6.07) is 18.1. The zero-order valence-electron chi connectivity index (χ0n) is 17.5. The molecule has 0 saturated heterocycles. The van der Waals surface area contributed by atoms with Crippen LogP contribution in [0.15, 0.2) is 60.7 Å². The van der Waals surface area contributed by atoms with Gasteiger partial charge in [0.2, 0.25) is 16.0 Å². The minimum atomic E-state index is -3.49. The Morgan fingerprint density at radius 1 is 0.900 bits per heavy atom. The number of hydrogen-bond acceptors (Lipinski definition) is 6. The predicted molar refractivity (Wildman–Crippen MR) is 123 cm³/mol. The summed E-state index contributed by atoms with van der Waals surface area (Å²) in [5.41, 5.74) is 2.89. The van der Waals surface area contributed by atoms with Crippen LogP contribution in [0.4, 0.5) is 23.1 Å². The zero-order chi connectivity index (χ0) is 21.6. The van der Waals surface area contributed by atoms with Gasteiger partial charge in [-0.3, -0.25) is 4.72 Å². The highest BCUT2D eigenvalue weighted by molar-refractivity contribution is 7.91. The van der Waals surface area contributed by atoms with Crippen molar-refractivity contribution in [3.8, 4) is 0 Å². The predicted octanol–water partition coefficient (Wildman–Crippen LogP) is 4.32. The molecule has 8 heteroatoms. The number of benzene rings is 2. The van der Waals surface area contributed by atoms with Crippen LogP contribution in [0.2, 0.25) is 0 Å². The van der Waals surface area contributed by atoms with Crippen LogP contribution >= 0.6 is 0 Å². The molecule has 0 spiro atoms. The topological polar surface area (TPSA) is 87.2 Å². The first kappa shape index (κ1) is 21.6. The molecule has 0 bridgehead atoms. The zero-order valence-corrected chi connectivity index (χ0v) is 18.3. The summed E-state index contributed by atoms with van der Waals surface area (Å²) in [5.74, 6) is 1.31. The van der Waals surface area contributed by atoms with E-state index >= 15 is 0 Å². The minimum absolute atomic E-state index is 0.0703. The van der Waals surface area contributed by atoms with Crippen LogP contribution in [0.1, 0.15) is 25.1 Å². The van der Waals surface area contributed by atoms with E-state index in [0.717, 1.165) is 35.9 Å². The number of nitrogens with zero attached hydrogens (tertiary/aromatic N) is 3. The molecule has 30 heavy (non-hydrogen) atoms. The molecule has 0 atom stereocenters. The first-order valence-electron chi connectivity index (χ1n) is 9.90. The summed E-state index contributed by atoms with van der Waals surface area (Å²) < 4.78 is 27.4. The summed E-state index contributed by atoms with van der Waals surface area (Å²) in [6.45, 7) is 7.84. The Morgan fingerprint density at radius 2 is 1.53 bits per heavy atom. The molecule has 0 unspecified atom stereocenters. The number of nitrogens with one attached hydrogen (secondary N) is 2. The number of rotatable bonds is 9. The lowest BCUT2D eigenvalue weighted by Crippen LogP contribution is -2.23. The van der Waals surface area contributed by atoms with Gasteiger partial charge in [-0.25, -0.2) is 13.4 Å². The van der Waals surface area contributed by atoms with Crippen LogP contribution in [0.5, 0.6) is 0 Å². The molecule has 1 aromatic heterocycles.